The van der Waals surface area contributed by atoms with Crippen LogP contribution in [0.4, 0.5) is 5.69 Å². The molecule has 6 nitrogen and oxygen atoms in total. The maximum Gasteiger partial charge on any atom is 0.308 e. The maximum atomic E-state index is 12.8. The van der Waals surface area contributed by atoms with Gasteiger partial charge in [-0.15, -0.1) is 0 Å². The average Bonchev–Trinajstić information content (AvgIpc) is 3.08. The van der Waals surface area contributed by atoms with Gasteiger partial charge in [-0.25, -0.2) is 8.42 Å². The third-order valence-corrected chi connectivity index (χ3v) is 6.94. The highest BCUT2D eigenvalue weighted by atomic mass is 32.2. The van der Waals surface area contributed by atoms with Crippen molar-refractivity contribution in [3.05, 3.63) is 88.0 Å². The summed E-state index contributed by atoms with van der Waals surface area (Å²) in [5, 5.41) is 0. The second kappa shape index (κ2) is 8.33. The lowest BCUT2D eigenvalue weighted by atomic mass is 10.2. The number of aromatic nitrogens is 1. The minimum absolute atomic E-state index is 0.0962. The van der Waals surface area contributed by atoms with Gasteiger partial charge >= 0.3 is 4.87 Å². The Morgan fingerprint density at radius 2 is 1.73 bits per heavy atom. The van der Waals surface area contributed by atoms with Crippen molar-refractivity contribution in [3.8, 4) is 5.75 Å². The number of nitrogens with one attached hydrogen (secondary N) is 1. The molecule has 1 heterocycles. The molecule has 0 fully saturated rings. The molecule has 8 heteroatoms. The van der Waals surface area contributed by atoms with Crippen LogP contribution in [0.3, 0.4) is 0 Å². The summed E-state index contributed by atoms with van der Waals surface area (Å²) in [4.78, 5) is 12.0. The van der Waals surface area contributed by atoms with Gasteiger partial charge in [0.05, 0.1) is 15.1 Å². The van der Waals surface area contributed by atoms with Crippen molar-refractivity contribution in [3.63, 3.8) is 0 Å². The lowest BCUT2D eigenvalue weighted by molar-refractivity contribution is 0.306. The molecule has 0 unspecified atom stereocenters. The zero-order valence-electron chi connectivity index (χ0n) is 16.2. The van der Waals surface area contributed by atoms with Crippen LogP contribution in [-0.4, -0.2) is 13.0 Å². The fourth-order valence-electron chi connectivity index (χ4n) is 3.09. The Morgan fingerprint density at radius 3 is 2.43 bits per heavy atom. The summed E-state index contributed by atoms with van der Waals surface area (Å²) in [6.07, 6.45) is 0. The number of hydrogen-bond acceptors (Lipinski definition) is 5. The Hall–Kier alpha value is -3.10. The van der Waals surface area contributed by atoms with E-state index in [0.29, 0.717) is 29.3 Å². The summed E-state index contributed by atoms with van der Waals surface area (Å²) in [7, 11) is -3.78. The molecule has 0 atom stereocenters. The van der Waals surface area contributed by atoms with Crippen LogP contribution in [0, 0.1) is 0 Å². The fourth-order valence-corrected chi connectivity index (χ4v) is 5.24. The monoisotopic (exact) mass is 440 g/mol. The van der Waals surface area contributed by atoms with E-state index in [2.05, 4.69) is 4.72 Å². The first-order valence-electron chi connectivity index (χ1n) is 9.39. The van der Waals surface area contributed by atoms with E-state index in [-0.39, 0.29) is 9.77 Å². The normalized spacial score (nSPS) is 11.5. The summed E-state index contributed by atoms with van der Waals surface area (Å²) in [5.41, 5.74) is 2.23. The highest BCUT2D eigenvalue weighted by molar-refractivity contribution is 7.92. The lowest BCUT2D eigenvalue weighted by Gasteiger charge is -2.10. The Kier molecular flexibility index (Phi) is 5.61. The van der Waals surface area contributed by atoms with Crippen molar-refractivity contribution in [2.45, 2.75) is 25.0 Å². The van der Waals surface area contributed by atoms with Gasteiger partial charge in [-0.2, -0.15) is 0 Å². The highest BCUT2D eigenvalue weighted by Crippen LogP contribution is 2.24. The standard InChI is InChI=1S/C22H20N2O4S2/c1-2-24-20-13-12-19(14-21(20)29-22(24)25)30(26,27)23-17-8-10-18(11-9-17)28-15-16-6-4-3-5-7-16/h3-14,23H,2,15H2,1H3. The van der Waals surface area contributed by atoms with Crippen LogP contribution in [-0.2, 0) is 23.2 Å². The summed E-state index contributed by atoms with van der Waals surface area (Å²) >= 11 is 1.04. The summed E-state index contributed by atoms with van der Waals surface area (Å²) in [6, 6.07) is 21.3. The van der Waals surface area contributed by atoms with Crippen LogP contribution in [0.2, 0.25) is 0 Å². The van der Waals surface area contributed by atoms with Gasteiger partial charge in [0.1, 0.15) is 12.4 Å². The van der Waals surface area contributed by atoms with E-state index in [1.807, 2.05) is 37.3 Å². The summed E-state index contributed by atoms with van der Waals surface area (Å²) < 4.78 is 36.1. The average molecular weight is 441 g/mol. The topological polar surface area (TPSA) is 77.4 Å². The van der Waals surface area contributed by atoms with Gasteiger partial charge in [0.2, 0.25) is 0 Å². The largest absolute Gasteiger partial charge is 0.489 e. The molecule has 0 radical (unpaired) electrons. The van der Waals surface area contributed by atoms with Gasteiger partial charge in [-0.05, 0) is 55.0 Å². The number of benzene rings is 3. The Balaban J connectivity index is 1.49. The molecule has 0 saturated heterocycles. The quantitative estimate of drug-likeness (QED) is 0.460. The molecule has 3 aromatic carbocycles. The molecule has 0 amide bonds. The van der Waals surface area contributed by atoms with Crippen LogP contribution in [0.25, 0.3) is 10.2 Å². The SMILES string of the molecule is CCn1c(=O)sc2cc(S(=O)(=O)Nc3ccc(OCc4ccccc4)cc3)ccc21. The number of aryl methyl sites for hydroxylation is 1. The molecular formula is C22H20N2O4S2. The number of hydrogen-bond donors (Lipinski definition) is 1. The van der Waals surface area contributed by atoms with Crippen LogP contribution in [0.15, 0.2) is 82.5 Å². The van der Waals surface area contributed by atoms with Crippen molar-refractivity contribution in [1.82, 2.24) is 4.57 Å². The number of fused-ring (bicyclic) bond motifs is 1. The number of ether oxygens (including phenoxy) is 1. The van der Waals surface area contributed by atoms with E-state index in [1.165, 1.54) is 12.1 Å². The van der Waals surface area contributed by atoms with E-state index in [4.69, 9.17) is 4.74 Å². The van der Waals surface area contributed by atoms with Crippen molar-refractivity contribution < 1.29 is 13.2 Å². The second-order valence-corrected chi connectivity index (χ2v) is 9.32. The number of thiazole rings is 1. The molecular weight excluding hydrogens is 420 g/mol. The Labute approximate surface area is 178 Å². The van der Waals surface area contributed by atoms with E-state index < -0.39 is 10.0 Å². The second-order valence-electron chi connectivity index (χ2n) is 6.65. The Morgan fingerprint density at radius 1 is 1.00 bits per heavy atom. The van der Waals surface area contributed by atoms with Crippen molar-refractivity contribution in [1.29, 1.82) is 0 Å². The minimum atomic E-state index is -3.78. The molecule has 30 heavy (non-hydrogen) atoms. The van der Waals surface area contributed by atoms with Gasteiger partial charge in [0.25, 0.3) is 10.0 Å². The summed E-state index contributed by atoms with van der Waals surface area (Å²) in [5.74, 6) is 0.647. The molecule has 1 N–H and O–H groups in total. The van der Waals surface area contributed by atoms with Crippen molar-refractivity contribution >= 4 is 37.3 Å². The third-order valence-electron chi connectivity index (χ3n) is 4.62. The molecule has 0 aliphatic rings. The molecule has 0 spiro atoms. The van der Waals surface area contributed by atoms with Crippen LogP contribution >= 0.6 is 11.3 Å². The summed E-state index contributed by atoms with van der Waals surface area (Å²) in [6.45, 7) is 2.86. The van der Waals surface area contributed by atoms with Crippen molar-refractivity contribution in [2.75, 3.05) is 4.72 Å². The van der Waals surface area contributed by atoms with Gasteiger partial charge in [-0.3, -0.25) is 14.1 Å². The first-order chi connectivity index (χ1) is 14.5. The molecule has 154 valence electrons. The van der Waals surface area contributed by atoms with E-state index in [0.717, 1.165) is 22.4 Å². The van der Waals surface area contributed by atoms with Crippen LogP contribution in [0.1, 0.15) is 12.5 Å². The smallest absolute Gasteiger partial charge is 0.308 e. The van der Waals surface area contributed by atoms with Gasteiger partial charge in [-0.1, -0.05) is 41.7 Å². The van der Waals surface area contributed by atoms with Gasteiger partial charge in [0.15, 0.2) is 0 Å². The third kappa shape index (κ3) is 4.24. The number of nitrogens with zero attached hydrogens (tertiary/aromatic N) is 1. The van der Waals surface area contributed by atoms with Crippen LogP contribution in [0.5, 0.6) is 5.75 Å². The molecule has 0 saturated carbocycles. The zero-order chi connectivity index (χ0) is 21.1. The van der Waals surface area contributed by atoms with E-state index >= 15 is 0 Å². The number of sulfonamides is 1. The van der Waals surface area contributed by atoms with Crippen molar-refractivity contribution in [2.24, 2.45) is 0 Å². The predicted octanol–water partition coefficient (Wildman–Crippen LogP) is 4.46. The van der Waals surface area contributed by atoms with Gasteiger partial charge in [0, 0.05) is 12.2 Å². The lowest BCUT2D eigenvalue weighted by Crippen LogP contribution is -2.13. The number of anilines is 1. The van der Waals surface area contributed by atoms with Crippen LogP contribution < -0.4 is 14.3 Å². The molecule has 4 aromatic rings. The molecule has 4 rings (SSSR count). The first-order valence-corrected chi connectivity index (χ1v) is 11.7. The Bertz CT molecular complexity index is 1330. The predicted molar refractivity (Wildman–Crippen MR) is 120 cm³/mol. The first kappa shape index (κ1) is 20.2. The maximum absolute atomic E-state index is 12.8. The molecule has 0 aliphatic heterocycles. The van der Waals surface area contributed by atoms with E-state index in [1.54, 1.807) is 34.9 Å². The highest BCUT2D eigenvalue weighted by Gasteiger charge is 2.17. The van der Waals surface area contributed by atoms with E-state index in [9.17, 15) is 13.2 Å². The molecule has 0 bridgehead atoms. The number of rotatable bonds is 7. The molecule has 0 aliphatic carbocycles. The van der Waals surface area contributed by atoms with Gasteiger partial charge < -0.3 is 4.74 Å². The molecule has 1 aromatic heterocycles. The zero-order valence-corrected chi connectivity index (χ0v) is 17.9. The fraction of sp³-hybridized carbons (Fsp3) is 0.136. The minimum Gasteiger partial charge on any atom is -0.489 e.